The molecule has 4 heteroatoms. The topological polar surface area (TPSA) is 30.2 Å². The molecule has 0 amide bonds. The van der Waals surface area contributed by atoms with Crippen molar-refractivity contribution >= 4 is 33.4 Å². The van der Waals surface area contributed by atoms with Gasteiger partial charge in [0.2, 0.25) is 0 Å². The molecular weight excluding hydrogens is 280 g/mol. The third kappa shape index (κ3) is 2.46. The quantitative estimate of drug-likeness (QED) is 0.794. The summed E-state index contributed by atoms with van der Waals surface area (Å²) in [7, 11) is -0.986. The lowest BCUT2D eigenvalue weighted by atomic mass is 10.0. The van der Waals surface area contributed by atoms with Crippen LogP contribution in [-0.2, 0) is 10.8 Å². The van der Waals surface area contributed by atoms with E-state index in [0.29, 0.717) is 5.02 Å². The third-order valence-corrected chi connectivity index (χ3v) is 6.05. The van der Waals surface area contributed by atoms with Crippen LogP contribution < -0.4 is 0 Å². The summed E-state index contributed by atoms with van der Waals surface area (Å²) in [5, 5.41) is 1.84. The van der Waals surface area contributed by atoms with Gasteiger partial charge in [-0.15, -0.1) is 0 Å². The predicted molar refractivity (Wildman–Crippen MR) is 79.2 cm³/mol. The lowest BCUT2D eigenvalue weighted by Gasteiger charge is -2.20. The summed E-state index contributed by atoms with van der Waals surface area (Å²) in [6.07, 6.45) is 5.75. The van der Waals surface area contributed by atoms with Crippen molar-refractivity contribution < 1.29 is 8.63 Å². The second kappa shape index (κ2) is 5.29. The first kappa shape index (κ1) is 13.2. The minimum absolute atomic E-state index is 0.271. The van der Waals surface area contributed by atoms with Crippen LogP contribution in [0.2, 0.25) is 5.02 Å². The predicted octanol–water partition coefficient (Wildman–Crippen LogP) is 4.83. The van der Waals surface area contributed by atoms with Gasteiger partial charge in [0.1, 0.15) is 11.3 Å². The minimum Gasteiger partial charge on any atom is -0.460 e. The first-order valence-electron chi connectivity index (χ1n) is 6.76. The zero-order valence-corrected chi connectivity index (χ0v) is 12.5. The maximum atomic E-state index is 12.8. The Bertz CT molecular complexity index is 626. The van der Waals surface area contributed by atoms with Gasteiger partial charge in [0, 0.05) is 15.7 Å². The second-order valence-electron chi connectivity index (χ2n) is 5.19. The van der Waals surface area contributed by atoms with Gasteiger partial charge in [-0.25, -0.2) is 0 Å². The molecule has 1 aromatic heterocycles. The normalized spacial score (nSPS) is 18.8. The maximum absolute atomic E-state index is 12.8. The summed E-state index contributed by atoms with van der Waals surface area (Å²) in [5.41, 5.74) is 0.779. The molecule has 1 saturated carbocycles. The van der Waals surface area contributed by atoms with E-state index in [1.54, 1.807) is 6.07 Å². The minimum atomic E-state index is -0.986. The van der Waals surface area contributed by atoms with Crippen LogP contribution in [0.3, 0.4) is 0 Å². The summed E-state index contributed by atoms with van der Waals surface area (Å²) in [6.45, 7) is 1.89. The molecule has 0 radical (unpaired) electrons. The number of aryl methyl sites for hydroxylation is 1. The van der Waals surface area contributed by atoms with Gasteiger partial charge in [0.05, 0.1) is 15.7 Å². The van der Waals surface area contributed by atoms with Crippen LogP contribution >= 0.6 is 11.6 Å². The summed E-state index contributed by atoms with van der Waals surface area (Å²) >= 11 is 6.05. The highest BCUT2D eigenvalue weighted by atomic mass is 35.5. The van der Waals surface area contributed by atoms with Crippen LogP contribution in [0.4, 0.5) is 0 Å². The molecule has 3 rings (SSSR count). The number of rotatable bonds is 2. The third-order valence-electron chi connectivity index (χ3n) is 3.83. The highest BCUT2D eigenvalue weighted by Crippen LogP contribution is 2.34. The number of furan rings is 1. The molecule has 1 atom stereocenters. The standard InChI is InChI=1S/C15H17ClO2S/c1-10-15(19(17)12-5-3-2-4-6-12)13-9-11(16)7-8-14(13)18-10/h7-9,12H,2-6H2,1H3/t19-/m1/s1. The summed E-state index contributed by atoms with van der Waals surface area (Å²) in [5.74, 6) is 0.765. The fraction of sp³-hybridized carbons (Fsp3) is 0.467. The Morgan fingerprint density at radius 2 is 2.00 bits per heavy atom. The molecule has 0 unspecified atom stereocenters. The first-order valence-corrected chi connectivity index (χ1v) is 8.35. The van der Waals surface area contributed by atoms with Crippen LogP contribution in [0.5, 0.6) is 0 Å². The molecule has 1 aromatic carbocycles. The van der Waals surface area contributed by atoms with E-state index in [0.717, 1.165) is 34.5 Å². The van der Waals surface area contributed by atoms with Crippen molar-refractivity contribution in [3.8, 4) is 0 Å². The second-order valence-corrected chi connectivity index (χ2v) is 7.29. The maximum Gasteiger partial charge on any atom is 0.135 e. The molecule has 2 nitrogen and oxygen atoms in total. The molecule has 2 aromatic rings. The van der Waals surface area contributed by atoms with Crippen LogP contribution in [0, 0.1) is 6.92 Å². The average molecular weight is 297 g/mol. The fourth-order valence-corrected chi connectivity index (χ4v) is 4.83. The van der Waals surface area contributed by atoms with Crippen LogP contribution in [0.25, 0.3) is 11.0 Å². The molecule has 0 saturated heterocycles. The van der Waals surface area contributed by atoms with Crippen LogP contribution in [-0.4, -0.2) is 9.46 Å². The lowest BCUT2D eigenvalue weighted by Crippen LogP contribution is -2.18. The van der Waals surface area contributed by atoms with E-state index in [4.69, 9.17) is 16.0 Å². The van der Waals surface area contributed by atoms with Gasteiger partial charge in [-0.1, -0.05) is 30.9 Å². The molecule has 102 valence electrons. The number of fused-ring (bicyclic) bond motifs is 1. The van der Waals surface area contributed by atoms with Crippen LogP contribution in [0.1, 0.15) is 37.9 Å². The van der Waals surface area contributed by atoms with Gasteiger partial charge in [0.25, 0.3) is 0 Å². The number of benzene rings is 1. The zero-order valence-electron chi connectivity index (χ0n) is 10.9. The van der Waals surface area contributed by atoms with Crippen molar-refractivity contribution in [1.29, 1.82) is 0 Å². The monoisotopic (exact) mass is 296 g/mol. The van der Waals surface area contributed by atoms with E-state index in [1.165, 1.54) is 19.3 Å². The van der Waals surface area contributed by atoms with E-state index in [-0.39, 0.29) is 5.25 Å². The SMILES string of the molecule is Cc1oc2ccc(Cl)cc2c1[S@](=O)C1CCCCC1. The molecular formula is C15H17ClO2S. The van der Waals surface area contributed by atoms with Crippen molar-refractivity contribution in [2.45, 2.75) is 49.2 Å². The first-order chi connectivity index (χ1) is 9.16. The zero-order chi connectivity index (χ0) is 13.4. The Balaban J connectivity index is 2.05. The van der Waals surface area contributed by atoms with Crippen LogP contribution in [0.15, 0.2) is 27.5 Å². The Kier molecular flexibility index (Phi) is 3.68. The van der Waals surface area contributed by atoms with E-state index >= 15 is 0 Å². The van der Waals surface area contributed by atoms with Gasteiger partial charge >= 0.3 is 0 Å². The Morgan fingerprint density at radius 1 is 1.26 bits per heavy atom. The Hall–Kier alpha value is -0.800. The summed E-state index contributed by atoms with van der Waals surface area (Å²) in [6, 6.07) is 5.52. The van der Waals surface area contributed by atoms with Crippen molar-refractivity contribution in [2.24, 2.45) is 0 Å². The Morgan fingerprint density at radius 3 is 2.74 bits per heavy atom. The smallest absolute Gasteiger partial charge is 0.135 e. The van der Waals surface area contributed by atoms with E-state index in [9.17, 15) is 4.21 Å². The fourth-order valence-electron chi connectivity index (χ4n) is 2.87. The molecule has 1 aliphatic rings. The number of halogens is 1. The Labute approximate surface area is 120 Å². The van der Waals surface area contributed by atoms with E-state index < -0.39 is 10.8 Å². The largest absolute Gasteiger partial charge is 0.460 e. The van der Waals surface area contributed by atoms with Gasteiger partial charge < -0.3 is 4.42 Å². The molecule has 1 heterocycles. The van der Waals surface area contributed by atoms with E-state index in [1.807, 2.05) is 19.1 Å². The van der Waals surface area contributed by atoms with Gasteiger partial charge in [-0.05, 0) is 38.0 Å². The molecule has 0 bridgehead atoms. The van der Waals surface area contributed by atoms with Crippen molar-refractivity contribution in [3.05, 3.63) is 29.0 Å². The van der Waals surface area contributed by atoms with Crippen molar-refractivity contribution in [3.63, 3.8) is 0 Å². The highest BCUT2D eigenvalue weighted by Gasteiger charge is 2.26. The average Bonchev–Trinajstić information content (AvgIpc) is 2.74. The summed E-state index contributed by atoms with van der Waals surface area (Å²) < 4.78 is 18.5. The number of hydrogen-bond acceptors (Lipinski definition) is 2. The van der Waals surface area contributed by atoms with Gasteiger partial charge in [-0.3, -0.25) is 4.21 Å². The van der Waals surface area contributed by atoms with Crippen molar-refractivity contribution in [2.75, 3.05) is 0 Å². The molecule has 0 spiro atoms. The van der Waals surface area contributed by atoms with Gasteiger partial charge in [-0.2, -0.15) is 0 Å². The van der Waals surface area contributed by atoms with Gasteiger partial charge in [0.15, 0.2) is 0 Å². The van der Waals surface area contributed by atoms with E-state index in [2.05, 4.69) is 0 Å². The molecule has 0 aliphatic heterocycles. The highest BCUT2D eigenvalue weighted by molar-refractivity contribution is 7.86. The number of hydrogen-bond donors (Lipinski definition) is 0. The summed E-state index contributed by atoms with van der Waals surface area (Å²) in [4.78, 5) is 0.851. The molecule has 1 fully saturated rings. The molecule has 19 heavy (non-hydrogen) atoms. The molecule has 0 N–H and O–H groups in total. The lowest BCUT2D eigenvalue weighted by molar-refractivity contribution is 0.503. The van der Waals surface area contributed by atoms with Crippen molar-refractivity contribution in [1.82, 2.24) is 0 Å². The molecule has 1 aliphatic carbocycles.